The normalized spacial score (nSPS) is 11.2. The van der Waals surface area contributed by atoms with Gasteiger partial charge < -0.3 is 68.8 Å². The van der Waals surface area contributed by atoms with Gasteiger partial charge in [0.15, 0.2) is 0 Å². The maximum Gasteiger partial charge on any atom is 4.00 e. The van der Waals surface area contributed by atoms with Gasteiger partial charge in [-0.25, -0.2) is 9.59 Å². The smallest absolute Gasteiger partial charge is 0.762 e. The van der Waals surface area contributed by atoms with Crippen molar-refractivity contribution in [2.45, 2.75) is 99.7 Å². The number of nitrogens with zero attached hydrogens (tertiary/aromatic N) is 4. The first-order chi connectivity index (χ1) is 12.7. The van der Waals surface area contributed by atoms with Gasteiger partial charge in [0.05, 0.1) is 0 Å². The molecule has 2 heterocycles. The van der Waals surface area contributed by atoms with Crippen LogP contribution in [0.25, 0.3) is 0 Å². The van der Waals surface area contributed by atoms with Crippen LogP contribution < -0.4 is 11.4 Å². The number of hydrogen-bond acceptors (Lipinski definition) is 6. The SMILES string of the molecule is CC(C)n1c([S-])c([S-])n(C(C)C)c1=O.CC(C)n1c([S-])c([S-])n(C(C)C)c1=O.[Pt+4]. The Morgan fingerprint density at radius 1 is 0.483 bits per heavy atom. The first kappa shape index (κ1) is 28.6. The summed E-state index contributed by atoms with van der Waals surface area (Å²) in [5.41, 5.74) is -0.185. The zero-order chi connectivity index (χ0) is 22.1. The Balaban J connectivity index is 0.000000523. The third-order valence-corrected chi connectivity index (χ3v) is 5.95. The molecule has 2 aromatic heterocycles. The molecule has 166 valence electrons. The van der Waals surface area contributed by atoms with Crippen molar-refractivity contribution in [1.82, 2.24) is 18.3 Å². The molecule has 0 aromatic carbocycles. The van der Waals surface area contributed by atoms with E-state index in [0.717, 1.165) is 0 Å². The third kappa shape index (κ3) is 5.85. The van der Waals surface area contributed by atoms with Gasteiger partial charge in [-0.1, -0.05) is 0 Å². The van der Waals surface area contributed by atoms with E-state index in [0.29, 0.717) is 20.1 Å². The monoisotopic (exact) mass is 655 g/mol. The zero-order valence-electron chi connectivity index (χ0n) is 17.9. The van der Waals surface area contributed by atoms with Crippen molar-refractivity contribution in [3.63, 3.8) is 0 Å². The van der Waals surface area contributed by atoms with Gasteiger partial charge in [-0.3, -0.25) is 0 Å². The Hall–Kier alpha value is -0.412. The average Bonchev–Trinajstić information content (AvgIpc) is 2.90. The largest absolute Gasteiger partial charge is 4.00 e. The standard InChI is InChI=1S/2C9H16N2OS2.Pt/c2*1-5(2)10-7(13)8(14)11(6(3)4)9(10)12;/h2*5-6,13-14H,1-4H3;/q;;+4/p-4. The van der Waals surface area contributed by atoms with Crippen molar-refractivity contribution >= 4 is 50.5 Å². The summed E-state index contributed by atoms with van der Waals surface area (Å²) < 4.78 is 6.27. The van der Waals surface area contributed by atoms with Crippen molar-refractivity contribution in [3.05, 3.63) is 21.0 Å². The van der Waals surface area contributed by atoms with Crippen LogP contribution in [0.15, 0.2) is 29.7 Å². The van der Waals surface area contributed by atoms with Crippen molar-refractivity contribution in [2.75, 3.05) is 0 Å². The van der Waals surface area contributed by atoms with Crippen LogP contribution in [0.4, 0.5) is 0 Å². The fourth-order valence-electron chi connectivity index (χ4n) is 2.81. The van der Waals surface area contributed by atoms with Gasteiger partial charge in [-0.15, -0.1) is 20.1 Å². The molecule has 0 bridgehead atoms. The number of rotatable bonds is 4. The van der Waals surface area contributed by atoms with Gasteiger partial charge in [0.1, 0.15) is 0 Å². The van der Waals surface area contributed by atoms with E-state index in [2.05, 4.69) is 0 Å². The predicted molar refractivity (Wildman–Crippen MR) is 121 cm³/mol. The molecular weight excluding hydrogens is 628 g/mol. The summed E-state index contributed by atoms with van der Waals surface area (Å²) in [5.74, 6) is 0. The van der Waals surface area contributed by atoms with Gasteiger partial charge in [-0.05, 0) is 55.4 Å². The Labute approximate surface area is 209 Å². The van der Waals surface area contributed by atoms with Crippen molar-refractivity contribution < 1.29 is 21.1 Å². The molecule has 29 heavy (non-hydrogen) atoms. The second-order valence-corrected chi connectivity index (χ2v) is 9.19. The molecule has 0 saturated carbocycles. The second kappa shape index (κ2) is 11.3. The quantitative estimate of drug-likeness (QED) is 0.472. The molecule has 0 aliphatic rings. The number of hydrogen-bond donors (Lipinski definition) is 0. The van der Waals surface area contributed by atoms with Gasteiger partial charge >= 0.3 is 32.4 Å². The number of imidazole rings is 2. The van der Waals surface area contributed by atoms with E-state index in [9.17, 15) is 9.59 Å². The summed E-state index contributed by atoms with van der Waals surface area (Å²) in [5, 5.41) is 1.92. The summed E-state index contributed by atoms with van der Waals surface area (Å²) >= 11 is 20.5. The molecule has 0 atom stereocenters. The molecule has 6 nitrogen and oxygen atoms in total. The summed E-state index contributed by atoms with van der Waals surface area (Å²) in [6.45, 7) is 15.4. The maximum atomic E-state index is 11.9. The molecule has 0 N–H and O–H groups in total. The zero-order valence-corrected chi connectivity index (χ0v) is 23.4. The molecular formula is C18H28N4O2PtS4. The van der Waals surface area contributed by atoms with Crippen LogP contribution in [0.1, 0.15) is 79.6 Å². The van der Waals surface area contributed by atoms with Gasteiger partial charge in [-0.2, -0.15) is 0 Å². The molecule has 0 aliphatic heterocycles. The van der Waals surface area contributed by atoms with Crippen LogP contribution in [-0.2, 0) is 71.6 Å². The van der Waals surface area contributed by atoms with Gasteiger partial charge in [0, 0.05) is 24.2 Å². The second-order valence-electron chi connectivity index (χ2n) is 7.64. The summed E-state index contributed by atoms with van der Waals surface area (Å²) in [6, 6.07) is 0.266. The maximum absolute atomic E-state index is 11.9. The molecule has 2 rings (SSSR count). The van der Waals surface area contributed by atoms with E-state index >= 15 is 0 Å². The summed E-state index contributed by atoms with van der Waals surface area (Å²) in [4.78, 5) is 23.8. The number of aromatic nitrogens is 4. The Kier molecular flexibility index (Phi) is 11.1. The van der Waals surface area contributed by atoms with E-state index in [1.807, 2.05) is 55.4 Å². The first-order valence-electron chi connectivity index (χ1n) is 9.17. The first-order valence-corrected chi connectivity index (χ1v) is 10.8. The van der Waals surface area contributed by atoms with Crippen LogP contribution in [0.2, 0.25) is 0 Å². The fourth-order valence-corrected chi connectivity index (χ4v) is 4.36. The Morgan fingerprint density at radius 3 is 0.690 bits per heavy atom. The van der Waals surface area contributed by atoms with Crippen LogP contribution in [0.3, 0.4) is 0 Å². The summed E-state index contributed by atoms with van der Waals surface area (Å²) in [6.07, 6.45) is 0. The van der Waals surface area contributed by atoms with Crippen molar-refractivity contribution in [3.8, 4) is 0 Å². The average molecular weight is 656 g/mol. The van der Waals surface area contributed by atoms with Gasteiger partial charge in [0.2, 0.25) is 0 Å². The van der Waals surface area contributed by atoms with Crippen LogP contribution in [0, 0.1) is 0 Å². The van der Waals surface area contributed by atoms with E-state index in [-0.39, 0.29) is 56.6 Å². The Bertz CT molecular complexity index is 794. The van der Waals surface area contributed by atoms with Crippen molar-refractivity contribution in [1.29, 1.82) is 0 Å². The van der Waals surface area contributed by atoms with Crippen LogP contribution in [-0.4, -0.2) is 18.3 Å². The molecule has 0 saturated heterocycles. The minimum Gasteiger partial charge on any atom is -0.762 e. The van der Waals surface area contributed by atoms with E-state index in [1.54, 1.807) is 18.3 Å². The van der Waals surface area contributed by atoms with E-state index in [1.165, 1.54) is 0 Å². The minimum absolute atomic E-state index is 0. The van der Waals surface area contributed by atoms with Crippen molar-refractivity contribution in [2.24, 2.45) is 0 Å². The molecule has 0 spiro atoms. The molecule has 0 amide bonds. The molecule has 0 radical (unpaired) electrons. The molecule has 0 fully saturated rings. The fraction of sp³-hybridized carbons (Fsp3) is 0.667. The van der Waals surface area contributed by atoms with E-state index < -0.39 is 0 Å². The third-order valence-electron chi connectivity index (χ3n) is 4.13. The molecule has 2 aromatic rings. The van der Waals surface area contributed by atoms with E-state index in [4.69, 9.17) is 50.5 Å². The minimum atomic E-state index is -0.0926. The summed E-state index contributed by atoms with van der Waals surface area (Å²) in [7, 11) is 0. The van der Waals surface area contributed by atoms with Gasteiger partial charge in [0.25, 0.3) is 0 Å². The van der Waals surface area contributed by atoms with Crippen LogP contribution >= 0.6 is 0 Å². The topological polar surface area (TPSA) is 53.9 Å². The molecule has 0 aliphatic carbocycles. The molecule has 11 heteroatoms. The van der Waals surface area contributed by atoms with Crippen LogP contribution in [0.5, 0.6) is 0 Å². The Morgan fingerprint density at radius 2 is 0.621 bits per heavy atom. The molecule has 0 unspecified atom stereocenters. The predicted octanol–water partition coefficient (Wildman–Crippen LogP) is 3.24.